The Hall–Kier alpha value is 0.930. The van der Waals surface area contributed by atoms with E-state index in [1.54, 1.807) is 4.97 Å². The second-order valence-electron chi connectivity index (χ2n) is 0.696. The summed E-state index contributed by atoms with van der Waals surface area (Å²) in [6, 6.07) is 0. The van der Waals surface area contributed by atoms with E-state index in [2.05, 4.69) is 0 Å². The van der Waals surface area contributed by atoms with Gasteiger partial charge in [-0.05, 0) is 0 Å². The van der Waals surface area contributed by atoms with Crippen molar-refractivity contribution in [3.63, 3.8) is 0 Å². The summed E-state index contributed by atoms with van der Waals surface area (Å²) in [6.07, 6.45) is 0. The predicted molar refractivity (Wildman–Crippen MR) is 25.3 cm³/mol. The molecule has 0 aliphatic heterocycles. The summed E-state index contributed by atoms with van der Waals surface area (Å²) in [5, 5.41) is 0. The van der Waals surface area contributed by atoms with Gasteiger partial charge in [-0.2, -0.15) is 0 Å². The van der Waals surface area contributed by atoms with Crippen LogP contribution >= 0.6 is 8.99 Å². The van der Waals surface area contributed by atoms with Gasteiger partial charge in [-0.3, -0.25) is 0 Å². The molecule has 0 saturated carbocycles. The van der Waals surface area contributed by atoms with Gasteiger partial charge in [0.15, 0.2) is 0 Å². The predicted octanol–water partition coefficient (Wildman–Crippen LogP) is 1.91. The van der Waals surface area contributed by atoms with Gasteiger partial charge >= 0.3 is 52.2 Å². The SMILES string of the molecule is C[Te]SC(F)(F)F. The van der Waals surface area contributed by atoms with Gasteiger partial charge in [0.2, 0.25) is 0 Å². The van der Waals surface area contributed by atoms with Crippen molar-refractivity contribution < 1.29 is 13.2 Å². The van der Waals surface area contributed by atoms with Crippen molar-refractivity contribution in [3.8, 4) is 0 Å². The molecule has 5 heteroatoms. The van der Waals surface area contributed by atoms with Crippen molar-refractivity contribution in [1.82, 2.24) is 0 Å². The molecular formula is C2H3F3STe. The summed E-state index contributed by atoms with van der Waals surface area (Å²) in [4.78, 5) is 1.60. The Bertz CT molecular complexity index is 51.4. The molecule has 0 unspecified atom stereocenters. The van der Waals surface area contributed by atoms with Gasteiger partial charge in [-0.25, -0.2) is 0 Å². The Morgan fingerprint density at radius 2 is 1.86 bits per heavy atom. The first-order chi connectivity index (χ1) is 3.06. The fraction of sp³-hybridized carbons (Fsp3) is 1.00. The molecule has 0 amide bonds. The third-order valence-electron chi connectivity index (χ3n) is 0.178. The number of halogens is 3. The molecule has 0 rings (SSSR count). The first-order valence-corrected chi connectivity index (χ1v) is 7.27. The Kier molecular flexibility index (Phi) is 3.46. The average molecular weight is 244 g/mol. The number of alkyl halides is 3. The molecule has 0 N–H and O–H groups in total. The zero-order valence-electron chi connectivity index (χ0n) is 3.45. The summed E-state index contributed by atoms with van der Waals surface area (Å²) < 4.78 is 33.2. The number of hydrogen-bond donors (Lipinski definition) is 0. The van der Waals surface area contributed by atoms with Crippen LogP contribution in [0.1, 0.15) is 0 Å². The molecule has 0 aromatic carbocycles. The number of hydrogen-bond acceptors (Lipinski definition) is 1. The summed E-state index contributed by atoms with van der Waals surface area (Å²) in [7, 11) is 0.118. The van der Waals surface area contributed by atoms with Crippen LogP contribution in [0.2, 0.25) is 4.97 Å². The Morgan fingerprint density at radius 3 is 1.86 bits per heavy atom. The van der Waals surface area contributed by atoms with E-state index < -0.39 is 25.1 Å². The van der Waals surface area contributed by atoms with Crippen molar-refractivity contribution in [3.05, 3.63) is 0 Å². The number of rotatable bonds is 1. The van der Waals surface area contributed by atoms with Crippen LogP contribution in [0.15, 0.2) is 0 Å². The van der Waals surface area contributed by atoms with E-state index >= 15 is 0 Å². The van der Waals surface area contributed by atoms with Crippen molar-refractivity contribution in [1.29, 1.82) is 0 Å². The van der Waals surface area contributed by atoms with Crippen molar-refractivity contribution >= 4 is 28.5 Å². The van der Waals surface area contributed by atoms with Gasteiger partial charge in [-0.15, -0.1) is 0 Å². The molecule has 0 aliphatic rings. The fourth-order valence-corrected chi connectivity index (χ4v) is 1.90. The molecule has 44 valence electrons. The zero-order chi connectivity index (χ0) is 5.91. The van der Waals surface area contributed by atoms with Crippen molar-refractivity contribution in [2.75, 3.05) is 0 Å². The van der Waals surface area contributed by atoms with E-state index in [1.807, 2.05) is 0 Å². The maximum absolute atomic E-state index is 11.1. The van der Waals surface area contributed by atoms with Crippen molar-refractivity contribution in [2.45, 2.75) is 10.5 Å². The quantitative estimate of drug-likeness (QED) is 0.634. The monoisotopic (exact) mass is 246 g/mol. The topological polar surface area (TPSA) is 0 Å². The van der Waals surface area contributed by atoms with Gasteiger partial charge in [0.1, 0.15) is 0 Å². The molecule has 0 bridgehead atoms. The van der Waals surface area contributed by atoms with Crippen LogP contribution in [0, 0.1) is 0 Å². The minimum atomic E-state index is -3.98. The summed E-state index contributed by atoms with van der Waals surface area (Å²) >= 11 is -0.835. The molecule has 0 nitrogen and oxygen atoms in total. The zero-order valence-corrected chi connectivity index (χ0v) is 6.60. The van der Waals surface area contributed by atoms with E-state index in [9.17, 15) is 13.2 Å². The Balaban J connectivity index is 3.15. The van der Waals surface area contributed by atoms with Crippen LogP contribution in [0.5, 0.6) is 0 Å². The molecule has 0 fully saturated rings. The second kappa shape index (κ2) is 3.06. The molecule has 0 atom stereocenters. The Morgan fingerprint density at radius 1 is 1.43 bits per heavy atom. The van der Waals surface area contributed by atoms with Gasteiger partial charge in [-0.1, -0.05) is 0 Å². The molecule has 0 aromatic heterocycles. The molecule has 0 aromatic rings. The molecule has 7 heavy (non-hydrogen) atoms. The second-order valence-corrected chi connectivity index (χ2v) is 5.94. The van der Waals surface area contributed by atoms with Gasteiger partial charge in [0, 0.05) is 0 Å². The third-order valence-corrected chi connectivity index (χ3v) is 3.58. The van der Waals surface area contributed by atoms with Crippen LogP contribution in [0.3, 0.4) is 0 Å². The summed E-state index contributed by atoms with van der Waals surface area (Å²) in [6.45, 7) is 0. The molecule has 0 radical (unpaired) electrons. The summed E-state index contributed by atoms with van der Waals surface area (Å²) in [5.41, 5.74) is -3.98. The Labute approximate surface area is 52.4 Å². The molecular weight excluding hydrogens is 241 g/mol. The van der Waals surface area contributed by atoms with Crippen LogP contribution in [0.4, 0.5) is 13.2 Å². The van der Waals surface area contributed by atoms with E-state index in [0.29, 0.717) is 0 Å². The van der Waals surface area contributed by atoms with Gasteiger partial charge in [0.25, 0.3) is 0 Å². The maximum atomic E-state index is 11.1. The van der Waals surface area contributed by atoms with Crippen LogP contribution in [-0.2, 0) is 0 Å². The molecule has 0 saturated heterocycles. The first-order valence-electron chi connectivity index (χ1n) is 1.35. The average Bonchev–Trinajstić information content (AvgIpc) is 1.30. The van der Waals surface area contributed by atoms with E-state index in [4.69, 9.17) is 0 Å². The third kappa shape index (κ3) is 6.93. The minimum absolute atomic E-state index is 0.118. The van der Waals surface area contributed by atoms with E-state index in [0.717, 1.165) is 0 Å². The van der Waals surface area contributed by atoms with Crippen LogP contribution in [0.25, 0.3) is 0 Å². The van der Waals surface area contributed by atoms with Gasteiger partial charge < -0.3 is 0 Å². The van der Waals surface area contributed by atoms with E-state index in [1.165, 1.54) is 0 Å². The normalized spacial score (nSPS) is 12.0. The van der Waals surface area contributed by atoms with Crippen molar-refractivity contribution in [2.24, 2.45) is 0 Å². The summed E-state index contributed by atoms with van der Waals surface area (Å²) in [5.74, 6) is 0. The molecule has 0 spiro atoms. The van der Waals surface area contributed by atoms with Gasteiger partial charge in [0.05, 0.1) is 0 Å². The van der Waals surface area contributed by atoms with Crippen LogP contribution in [-0.4, -0.2) is 25.1 Å². The fourth-order valence-electron chi connectivity index (χ4n) is 0.0945. The van der Waals surface area contributed by atoms with E-state index in [-0.39, 0.29) is 8.99 Å². The van der Waals surface area contributed by atoms with Crippen LogP contribution < -0.4 is 0 Å². The standard InChI is InChI=1S/C2H3F3STe/c1-7-6-2(3,4)5/h1H3. The molecule has 0 aliphatic carbocycles. The molecule has 0 heterocycles. The first kappa shape index (κ1) is 7.93.